The zero-order valence-corrected chi connectivity index (χ0v) is 12.0. The third-order valence-electron chi connectivity index (χ3n) is 4.73. The normalized spacial score (nSPS) is 28.1. The molecule has 1 aromatic rings. The molecule has 2 saturated carbocycles. The van der Waals surface area contributed by atoms with Gasteiger partial charge in [0.25, 0.3) is 0 Å². The van der Waals surface area contributed by atoms with Gasteiger partial charge in [0.2, 0.25) is 5.91 Å². The molecule has 110 valence electrons. The van der Waals surface area contributed by atoms with Crippen molar-refractivity contribution < 1.29 is 9.90 Å². The molecular weight excluding hydrogens is 254 g/mol. The summed E-state index contributed by atoms with van der Waals surface area (Å²) >= 11 is 0. The van der Waals surface area contributed by atoms with E-state index in [9.17, 15) is 9.90 Å². The number of nitrogens with one attached hydrogen (secondary N) is 1. The minimum Gasteiger partial charge on any atom is -0.393 e. The summed E-state index contributed by atoms with van der Waals surface area (Å²) in [6.45, 7) is 0. The van der Waals surface area contributed by atoms with Crippen LogP contribution in [-0.2, 0) is 11.8 Å². The number of aliphatic hydroxyl groups excluding tert-OH is 1. The van der Waals surface area contributed by atoms with E-state index >= 15 is 0 Å². The van der Waals surface area contributed by atoms with E-state index in [0.29, 0.717) is 5.92 Å². The lowest BCUT2D eigenvalue weighted by molar-refractivity contribution is -0.126. The number of hydrogen-bond donors (Lipinski definition) is 2. The van der Waals surface area contributed by atoms with Crippen molar-refractivity contribution in [1.82, 2.24) is 15.1 Å². The largest absolute Gasteiger partial charge is 0.393 e. The van der Waals surface area contributed by atoms with Gasteiger partial charge in [-0.3, -0.25) is 9.48 Å². The van der Waals surface area contributed by atoms with Crippen LogP contribution in [0.1, 0.15) is 50.1 Å². The molecule has 0 unspecified atom stereocenters. The first-order valence-corrected chi connectivity index (χ1v) is 7.60. The highest BCUT2D eigenvalue weighted by molar-refractivity contribution is 5.79. The summed E-state index contributed by atoms with van der Waals surface area (Å²) in [5.41, 5.74) is 1.05. The molecule has 2 aliphatic carbocycles. The summed E-state index contributed by atoms with van der Waals surface area (Å²) in [6.07, 6.45) is 9.47. The molecule has 1 heterocycles. The first-order chi connectivity index (χ1) is 9.63. The van der Waals surface area contributed by atoms with Crippen LogP contribution >= 0.6 is 0 Å². The van der Waals surface area contributed by atoms with Crippen LogP contribution in [-0.4, -0.2) is 26.9 Å². The number of nitrogens with zero attached hydrogens (tertiary/aromatic N) is 2. The van der Waals surface area contributed by atoms with Gasteiger partial charge in [0.05, 0.1) is 18.3 Å². The van der Waals surface area contributed by atoms with E-state index in [0.717, 1.165) is 44.1 Å². The van der Waals surface area contributed by atoms with E-state index in [1.54, 1.807) is 4.68 Å². The van der Waals surface area contributed by atoms with Gasteiger partial charge in [0.1, 0.15) is 0 Å². The Morgan fingerprint density at radius 1 is 1.45 bits per heavy atom. The van der Waals surface area contributed by atoms with Gasteiger partial charge in [0.15, 0.2) is 0 Å². The number of hydrogen-bond acceptors (Lipinski definition) is 3. The summed E-state index contributed by atoms with van der Waals surface area (Å²) in [6, 6.07) is 0.000185. The summed E-state index contributed by atoms with van der Waals surface area (Å²) in [7, 11) is 1.88. The van der Waals surface area contributed by atoms with Crippen LogP contribution in [0.25, 0.3) is 0 Å². The Morgan fingerprint density at radius 3 is 2.70 bits per heavy atom. The predicted octanol–water partition coefficient (Wildman–Crippen LogP) is 1.54. The summed E-state index contributed by atoms with van der Waals surface area (Å²) in [5.74, 6) is 0.691. The van der Waals surface area contributed by atoms with Crippen molar-refractivity contribution in [1.29, 1.82) is 0 Å². The minimum absolute atomic E-state index is 0.000185. The maximum atomic E-state index is 12.4. The third-order valence-corrected chi connectivity index (χ3v) is 4.73. The second-order valence-corrected chi connectivity index (χ2v) is 6.30. The van der Waals surface area contributed by atoms with Gasteiger partial charge in [-0.15, -0.1) is 0 Å². The smallest absolute Gasteiger partial charge is 0.223 e. The highest BCUT2D eigenvalue weighted by Crippen LogP contribution is 2.38. The molecule has 20 heavy (non-hydrogen) atoms. The Hall–Kier alpha value is -1.36. The lowest BCUT2D eigenvalue weighted by Crippen LogP contribution is -2.42. The quantitative estimate of drug-likeness (QED) is 0.877. The van der Waals surface area contributed by atoms with Gasteiger partial charge >= 0.3 is 0 Å². The average Bonchev–Trinajstić information content (AvgIpc) is 3.03. The number of aryl methyl sites for hydroxylation is 1. The van der Waals surface area contributed by atoms with E-state index in [4.69, 9.17) is 0 Å². The Balaban J connectivity index is 1.70. The molecule has 2 fully saturated rings. The lowest BCUT2D eigenvalue weighted by atomic mass is 9.75. The number of rotatable bonds is 4. The number of aromatic nitrogens is 2. The maximum Gasteiger partial charge on any atom is 0.223 e. The number of amides is 1. The maximum absolute atomic E-state index is 12.4. The molecule has 0 saturated heterocycles. The minimum atomic E-state index is -0.206. The molecule has 5 heteroatoms. The Morgan fingerprint density at radius 2 is 2.15 bits per heavy atom. The third kappa shape index (κ3) is 2.73. The SMILES string of the molecule is Cn1cc([C@@H](NC(=O)C2CCCC2)C2CC(O)C2)cn1. The molecule has 0 aromatic carbocycles. The predicted molar refractivity (Wildman–Crippen MR) is 74.8 cm³/mol. The van der Waals surface area contributed by atoms with E-state index in [-0.39, 0.29) is 24.0 Å². The highest BCUT2D eigenvalue weighted by atomic mass is 16.3. The molecule has 1 amide bonds. The molecule has 0 aliphatic heterocycles. The molecule has 5 nitrogen and oxygen atoms in total. The zero-order chi connectivity index (χ0) is 14.1. The first kappa shape index (κ1) is 13.6. The summed E-state index contributed by atoms with van der Waals surface area (Å²) in [5, 5.41) is 16.9. The van der Waals surface area contributed by atoms with Crippen molar-refractivity contribution in [3.63, 3.8) is 0 Å². The molecular formula is C15H23N3O2. The molecule has 2 N–H and O–H groups in total. The van der Waals surface area contributed by atoms with Crippen LogP contribution < -0.4 is 5.32 Å². The monoisotopic (exact) mass is 277 g/mol. The van der Waals surface area contributed by atoms with Crippen LogP contribution in [0.3, 0.4) is 0 Å². The Kier molecular flexibility index (Phi) is 3.78. The van der Waals surface area contributed by atoms with Gasteiger partial charge in [-0.05, 0) is 31.6 Å². The topological polar surface area (TPSA) is 67.2 Å². The number of carbonyl (C=O) groups is 1. The zero-order valence-electron chi connectivity index (χ0n) is 12.0. The van der Waals surface area contributed by atoms with Crippen molar-refractivity contribution in [2.75, 3.05) is 0 Å². The van der Waals surface area contributed by atoms with Crippen molar-refractivity contribution in [2.45, 2.75) is 50.7 Å². The van der Waals surface area contributed by atoms with Gasteiger partial charge in [-0.2, -0.15) is 5.10 Å². The Labute approximate surface area is 119 Å². The fourth-order valence-corrected chi connectivity index (χ4v) is 3.44. The second-order valence-electron chi connectivity index (χ2n) is 6.30. The highest BCUT2D eigenvalue weighted by Gasteiger charge is 2.37. The first-order valence-electron chi connectivity index (χ1n) is 7.60. The molecule has 0 bridgehead atoms. The fourth-order valence-electron chi connectivity index (χ4n) is 3.44. The van der Waals surface area contributed by atoms with E-state index < -0.39 is 0 Å². The van der Waals surface area contributed by atoms with Crippen molar-refractivity contribution in [2.24, 2.45) is 18.9 Å². The average molecular weight is 277 g/mol. The molecule has 2 aliphatic rings. The fraction of sp³-hybridized carbons (Fsp3) is 0.733. The van der Waals surface area contributed by atoms with Crippen LogP contribution in [0, 0.1) is 11.8 Å². The van der Waals surface area contributed by atoms with Gasteiger partial charge < -0.3 is 10.4 Å². The van der Waals surface area contributed by atoms with Crippen molar-refractivity contribution >= 4 is 5.91 Å². The van der Waals surface area contributed by atoms with Crippen LogP contribution in [0.15, 0.2) is 12.4 Å². The molecule has 3 rings (SSSR count). The molecule has 0 radical (unpaired) electrons. The second kappa shape index (κ2) is 5.56. The van der Waals surface area contributed by atoms with Crippen LogP contribution in [0.2, 0.25) is 0 Å². The van der Waals surface area contributed by atoms with Gasteiger partial charge in [-0.1, -0.05) is 12.8 Å². The Bertz CT molecular complexity index is 473. The van der Waals surface area contributed by atoms with E-state index in [1.807, 2.05) is 19.4 Å². The summed E-state index contributed by atoms with van der Waals surface area (Å²) < 4.78 is 1.76. The van der Waals surface area contributed by atoms with Crippen LogP contribution in [0.5, 0.6) is 0 Å². The van der Waals surface area contributed by atoms with Crippen molar-refractivity contribution in [3.8, 4) is 0 Å². The van der Waals surface area contributed by atoms with Gasteiger partial charge in [0, 0.05) is 24.7 Å². The van der Waals surface area contributed by atoms with E-state index in [2.05, 4.69) is 10.4 Å². The van der Waals surface area contributed by atoms with Gasteiger partial charge in [-0.25, -0.2) is 0 Å². The van der Waals surface area contributed by atoms with E-state index in [1.165, 1.54) is 0 Å². The molecule has 0 spiro atoms. The molecule has 1 aromatic heterocycles. The number of aliphatic hydroxyl groups is 1. The number of carbonyl (C=O) groups excluding carboxylic acids is 1. The van der Waals surface area contributed by atoms with Crippen LogP contribution in [0.4, 0.5) is 0 Å². The molecule has 1 atom stereocenters. The standard InChI is InChI=1S/C15H23N3O2/c1-18-9-12(8-16-18)14(11-6-13(19)7-11)17-15(20)10-4-2-3-5-10/h8-11,13-14,19H,2-7H2,1H3,(H,17,20)/t11?,13?,14-/m0/s1. The summed E-state index contributed by atoms with van der Waals surface area (Å²) in [4.78, 5) is 12.4. The van der Waals surface area contributed by atoms with Crippen molar-refractivity contribution in [3.05, 3.63) is 18.0 Å². The lowest BCUT2D eigenvalue weighted by Gasteiger charge is -2.38.